The Labute approximate surface area is 118 Å². The highest BCUT2D eigenvalue weighted by atomic mass is 16.3. The molecule has 3 nitrogen and oxygen atoms in total. The van der Waals surface area contributed by atoms with Crippen LogP contribution in [-0.4, -0.2) is 47.0 Å². The van der Waals surface area contributed by atoms with Crippen molar-refractivity contribution in [3.8, 4) is 0 Å². The number of likely N-dealkylation sites (tertiary alicyclic amines) is 1. The molecular weight excluding hydrogens is 238 g/mol. The van der Waals surface area contributed by atoms with Crippen molar-refractivity contribution in [2.45, 2.75) is 64.5 Å². The lowest BCUT2D eigenvalue weighted by atomic mass is 9.74. The summed E-state index contributed by atoms with van der Waals surface area (Å²) in [6.45, 7) is 6.96. The average molecular weight is 269 g/mol. The van der Waals surface area contributed by atoms with Crippen molar-refractivity contribution < 1.29 is 10.2 Å². The molecule has 2 N–H and O–H groups in total. The third-order valence-corrected chi connectivity index (χ3v) is 5.35. The highest BCUT2D eigenvalue weighted by Crippen LogP contribution is 2.35. The maximum atomic E-state index is 10.3. The second-order valence-electron chi connectivity index (χ2n) is 6.97. The molecule has 4 atom stereocenters. The molecule has 2 fully saturated rings. The fourth-order valence-electron chi connectivity index (χ4n) is 3.89. The van der Waals surface area contributed by atoms with Gasteiger partial charge >= 0.3 is 0 Å². The Kier molecular flexibility index (Phi) is 5.67. The van der Waals surface area contributed by atoms with E-state index >= 15 is 0 Å². The van der Waals surface area contributed by atoms with E-state index in [9.17, 15) is 10.2 Å². The van der Waals surface area contributed by atoms with Crippen molar-refractivity contribution in [1.29, 1.82) is 0 Å². The van der Waals surface area contributed by atoms with Gasteiger partial charge in [-0.2, -0.15) is 0 Å². The predicted octanol–water partition coefficient (Wildman–Crippen LogP) is 2.27. The molecule has 19 heavy (non-hydrogen) atoms. The summed E-state index contributed by atoms with van der Waals surface area (Å²) in [4.78, 5) is 2.43. The minimum absolute atomic E-state index is 0.128. The minimum atomic E-state index is -0.128. The molecule has 1 aliphatic carbocycles. The summed E-state index contributed by atoms with van der Waals surface area (Å²) >= 11 is 0. The zero-order valence-corrected chi connectivity index (χ0v) is 12.6. The molecule has 0 spiro atoms. The first kappa shape index (κ1) is 15.3. The van der Waals surface area contributed by atoms with E-state index in [-0.39, 0.29) is 12.7 Å². The van der Waals surface area contributed by atoms with Gasteiger partial charge in [0.15, 0.2) is 0 Å². The summed E-state index contributed by atoms with van der Waals surface area (Å²) in [6, 6.07) is 0.334. The van der Waals surface area contributed by atoms with Gasteiger partial charge in [0.05, 0.1) is 12.7 Å². The SMILES string of the molecule is CC(C)C1CCC(O)C(CN2CCCCC2CO)C1. The fraction of sp³-hybridized carbons (Fsp3) is 1.00. The predicted molar refractivity (Wildman–Crippen MR) is 78.0 cm³/mol. The number of aliphatic hydroxyl groups excluding tert-OH is 2. The third kappa shape index (κ3) is 3.93. The summed E-state index contributed by atoms with van der Waals surface area (Å²) in [5, 5.41) is 19.8. The van der Waals surface area contributed by atoms with Crippen LogP contribution in [0.1, 0.15) is 52.4 Å². The van der Waals surface area contributed by atoms with E-state index in [0.717, 1.165) is 44.2 Å². The molecule has 2 rings (SSSR count). The monoisotopic (exact) mass is 269 g/mol. The molecule has 1 saturated heterocycles. The van der Waals surface area contributed by atoms with Crippen LogP contribution in [0, 0.1) is 17.8 Å². The minimum Gasteiger partial charge on any atom is -0.395 e. The molecule has 3 heteroatoms. The quantitative estimate of drug-likeness (QED) is 0.823. The largest absolute Gasteiger partial charge is 0.395 e. The van der Waals surface area contributed by atoms with Crippen LogP contribution in [-0.2, 0) is 0 Å². The lowest BCUT2D eigenvalue weighted by molar-refractivity contribution is -0.00350. The van der Waals surface area contributed by atoms with Crippen LogP contribution in [0.5, 0.6) is 0 Å². The molecule has 0 bridgehead atoms. The number of piperidine rings is 1. The Bertz CT molecular complexity index is 269. The van der Waals surface area contributed by atoms with Gasteiger partial charge in [-0.25, -0.2) is 0 Å². The first-order chi connectivity index (χ1) is 9.11. The summed E-state index contributed by atoms with van der Waals surface area (Å²) in [6.07, 6.45) is 6.78. The van der Waals surface area contributed by atoms with Gasteiger partial charge in [-0.05, 0) is 56.4 Å². The maximum absolute atomic E-state index is 10.3. The van der Waals surface area contributed by atoms with Gasteiger partial charge in [0, 0.05) is 12.6 Å². The Hall–Kier alpha value is -0.120. The van der Waals surface area contributed by atoms with Crippen molar-refractivity contribution in [3.05, 3.63) is 0 Å². The van der Waals surface area contributed by atoms with E-state index in [2.05, 4.69) is 18.7 Å². The van der Waals surface area contributed by atoms with E-state index in [4.69, 9.17) is 0 Å². The summed E-state index contributed by atoms with van der Waals surface area (Å²) < 4.78 is 0. The molecule has 4 unspecified atom stereocenters. The molecule has 0 aromatic rings. The van der Waals surface area contributed by atoms with Gasteiger partial charge in [0.25, 0.3) is 0 Å². The summed E-state index contributed by atoms with van der Waals surface area (Å²) in [5.74, 6) is 1.91. The Morgan fingerprint density at radius 2 is 1.95 bits per heavy atom. The van der Waals surface area contributed by atoms with Crippen LogP contribution in [0.15, 0.2) is 0 Å². The van der Waals surface area contributed by atoms with Gasteiger partial charge in [-0.15, -0.1) is 0 Å². The van der Waals surface area contributed by atoms with E-state index in [1.54, 1.807) is 0 Å². The van der Waals surface area contributed by atoms with Crippen LogP contribution < -0.4 is 0 Å². The zero-order valence-electron chi connectivity index (χ0n) is 12.6. The molecule has 0 amide bonds. The highest BCUT2D eigenvalue weighted by Gasteiger charge is 2.33. The fourth-order valence-corrected chi connectivity index (χ4v) is 3.89. The number of hydrogen-bond acceptors (Lipinski definition) is 3. The highest BCUT2D eigenvalue weighted by molar-refractivity contribution is 4.86. The number of nitrogens with zero attached hydrogens (tertiary/aromatic N) is 1. The molecule has 0 radical (unpaired) electrons. The molecule has 1 aliphatic heterocycles. The second kappa shape index (κ2) is 7.05. The van der Waals surface area contributed by atoms with E-state index in [1.165, 1.54) is 19.3 Å². The van der Waals surface area contributed by atoms with E-state index < -0.39 is 0 Å². The first-order valence-corrected chi connectivity index (χ1v) is 8.14. The Morgan fingerprint density at radius 3 is 2.63 bits per heavy atom. The van der Waals surface area contributed by atoms with Gasteiger partial charge in [-0.1, -0.05) is 20.3 Å². The van der Waals surface area contributed by atoms with E-state index in [0.29, 0.717) is 12.0 Å². The van der Waals surface area contributed by atoms with Gasteiger partial charge in [-0.3, -0.25) is 4.90 Å². The maximum Gasteiger partial charge on any atom is 0.0586 e. The molecule has 0 aromatic carbocycles. The van der Waals surface area contributed by atoms with Crippen molar-refractivity contribution in [3.63, 3.8) is 0 Å². The second-order valence-corrected chi connectivity index (χ2v) is 6.97. The van der Waals surface area contributed by atoms with Crippen LogP contribution in [0.4, 0.5) is 0 Å². The summed E-state index contributed by atoms with van der Waals surface area (Å²) in [5.41, 5.74) is 0. The zero-order chi connectivity index (χ0) is 13.8. The number of rotatable bonds is 4. The van der Waals surface area contributed by atoms with Crippen LogP contribution in [0.2, 0.25) is 0 Å². The molecule has 0 aromatic heterocycles. The van der Waals surface area contributed by atoms with Crippen LogP contribution in [0.25, 0.3) is 0 Å². The Morgan fingerprint density at radius 1 is 1.16 bits per heavy atom. The molecule has 2 aliphatic rings. The Balaban J connectivity index is 1.91. The lowest BCUT2D eigenvalue weighted by Gasteiger charge is -2.41. The first-order valence-electron chi connectivity index (χ1n) is 8.14. The van der Waals surface area contributed by atoms with Crippen molar-refractivity contribution in [1.82, 2.24) is 4.90 Å². The van der Waals surface area contributed by atoms with Crippen LogP contribution >= 0.6 is 0 Å². The molecule has 1 heterocycles. The summed E-state index contributed by atoms with van der Waals surface area (Å²) in [7, 11) is 0. The van der Waals surface area contributed by atoms with Crippen molar-refractivity contribution >= 4 is 0 Å². The van der Waals surface area contributed by atoms with Crippen LogP contribution in [0.3, 0.4) is 0 Å². The normalized spacial score (nSPS) is 37.7. The smallest absolute Gasteiger partial charge is 0.0586 e. The van der Waals surface area contributed by atoms with Gasteiger partial charge < -0.3 is 10.2 Å². The topological polar surface area (TPSA) is 43.7 Å². The molecule has 112 valence electrons. The third-order valence-electron chi connectivity index (χ3n) is 5.35. The van der Waals surface area contributed by atoms with Gasteiger partial charge in [0.2, 0.25) is 0 Å². The molecular formula is C16H31NO2. The van der Waals surface area contributed by atoms with Crippen molar-refractivity contribution in [2.75, 3.05) is 19.7 Å². The van der Waals surface area contributed by atoms with Crippen molar-refractivity contribution in [2.24, 2.45) is 17.8 Å². The molecule has 1 saturated carbocycles. The number of aliphatic hydroxyl groups is 2. The average Bonchev–Trinajstić information content (AvgIpc) is 2.41. The number of hydrogen-bond donors (Lipinski definition) is 2. The lowest BCUT2D eigenvalue weighted by Crippen LogP contribution is -2.47. The van der Waals surface area contributed by atoms with E-state index in [1.807, 2.05) is 0 Å². The van der Waals surface area contributed by atoms with Gasteiger partial charge in [0.1, 0.15) is 0 Å². The standard InChI is InChI=1S/C16H31NO2/c1-12(2)13-6-7-16(19)14(9-13)10-17-8-4-3-5-15(17)11-18/h12-16,18-19H,3-11H2,1-2H3.